The van der Waals surface area contributed by atoms with Crippen molar-refractivity contribution in [3.63, 3.8) is 0 Å². The monoisotopic (exact) mass is 337 g/mol. The third-order valence-corrected chi connectivity index (χ3v) is 4.76. The van der Waals surface area contributed by atoms with Gasteiger partial charge in [-0.15, -0.1) is 0 Å². The number of urea groups is 1. The maximum Gasteiger partial charge on any atom is 0.322 e. The lowest BCUT2D eigenvalue weighted by molar-refractivity contribution is -0.129. The summed E-state index contributed by atoms with van der Waals surface area (Å²) in [5.74, 6) is 0.0982. The second-order valence-corrected chi connectivity index (χ2v) is 6.27. The summed E-state index contributed by atoms with van der Waals surface area (Å²) in [4.78, 5) is 28.3. The number of hydrogen-bond donors (Lipinski definition) is 1. The molecule has 1 aromatic rings. The molecule has 2 aliphatic rings. The summed E-state index contributed by atoms with van der Waals surface area (Å²) < 4.78 is 5.07. The van der Waals surface area contributed by atoms with E-state index in [2.05, 4.69) is 5.32 Å². The number of hydrogen-bond acceptors (Lipinski definition) is 3. The van der Waals surface area contributed by atoms with Crippen molar-refractivity contribution in [3.05, 3.63) is 29.3 Å². The lowest BCUT2D eigenvalue weighted by atomic mass is 10.1. The van der Waals surface area contributed by atoms with Crippen LogP contribution in [0.5, 0.6) is 0 Å². The van der Waals surface area contributed by atoms with Crippen LogP contribution in [0, 0.1) is 0 Å². The second-order valence-electron chi connectivity index (χ2n) is 5.84. The number of nitrogens with one attached hydrogen (secondary N) is 1. The number of methoxy groups -OCH3 is 1. The van der Waals surface area contributed by atoms with E-state index in [0.717, 1.165) is 6.42 Å². The SMILES string of the molecule is COCCN1C(=O)C[C@@H]2[C@H]1CCN2C(=O)Nc1ccc(Cl)cc1. The second kappa shape index (κ2) is 6.76. The highest BCUT2D eigenvalue weighted by atomic mass is 35.5. The Kier molecular flexibility index (Phi) is 4.73. The van der Waals surface area contributed by atoms with Gasteiger partial charge >= 0.3 is 6.03 Å². The van der Waals surface area contributed by atoms with Crippen molar-refractivity contribution >= 4 is 29.2 Å². The van der Waals surface area contributed by atoms with Gasteiger partial charge in [0.2, 0.25) is 5.91 Å². The Morgan fingerprint density at radius 1 is 1.35 bits per heavy atom. The smallest absolute Gasteiger partial charge is 0.322 e. The van der Waals surface area contributed by atoms with E-state index in [1.54, 1.807) is 36.3 Å². The van der Waals surface area contributed by atoms with Crippen LogP contribution < -0.4 is 5.32 Å². The number of rotatable bonds is 4. The number of carbonyl (C=O) groups excluding carboxylic acids is 2. The number of amides is 3. The van der Waals surface area contributed by atoms with Gasteiger partial charge in [-0.1, -0.05) is 11.6 Å². The van der Waals surface area contributed by atoms with Gasteiger partial charge in [0.15, 0.2) is 0 Å². The number of ether oxygens (including phenoxy) is 1. The Hall–Kier alpha value is -1.79. The summed E-state index contributed by atoms with van der Waals surface area (Å²) >= 11 is 5.85. The minimum Gasteiger partial charge on any atom is -0.383 e. The minimum absolute atomic E-state index is 0.0494. The molecule has 0 bridgehead atoms. The van der Waals surface area contributed by atoms with Crippen molar-refractivity contribution in [2.24, 2.45) is 0 Å². The number of anilines is 1. The normalized spacial score (nSPS) is 23.3. The first-order valence-corrected chi connectivity index (χ1v) is 8.09. The molecule has 0 radical (unpaired) electrons. The van der Waals surface area contributed by atoms with E-state index in [1.807, 2.05) is 4.90 Å². The van der Waals surface area contributed by atoms with Gasteiger partial charge in [-0.3, -0.25) is 4.79 Å². The molecule has 6 nitrogen and oxygen atoms in total. The molecule has 7 heteroatoms. The Bertz CT molecular complexity index is 593. The van der Waals surface area contributed by atoms with E-state index in [-0.39, 0.29) is 24.0 Å². The topological polar surface area (TPSA) is 61.9 Å². The maximum absolute atomic E-state index is 12.5. The average Bonchev–Trinajstić information content (AvgIpc) is 3.06. The molecule has 1 aromatic carbocycles. The molecule has 0 aliphatic carbocycles. The van der Waals surface area contributed by atoms with Crippen LogP contribution in [-0.2, 0) is 9.53 Å². The van der Waals surface area contributed by atoms with Gasteiger partial charge in [0, 0.05) is 37.3 Å². The van der Waals surface area contributed by atoms with Crippen LogP contribution in [-0.4, -0.2) is 60.6 Å². The fourth-order valence-electron chi connectivity index (χ4n) is 3.39. The van der Waals surface area contributed by atoms with Gasteiger partial charge in [-0.2, -0.15) is 0 Å². The van der Waals surface area contributed by atoms with Crippen molar-refractivity contribution < 1.29 is 14.3 Å². The molecular weight excluding hydrogens is 318 g/mol. The van der Waals surface area contributed by atoms with Gasteiger partial charge in [-0.25, -0.2) is 4.79 Å². The zero-order valence-electron chi connectivity index (χ0n) is 13.0. The number of carbonyl (C=O) groups is 2. The van der Waals surface area contributed by atoms with Crippen LogP contribution >= 0.6 is 11.6 Å². The highest BCUT2D eigenvalue weighted by molar-refractivity contribution is 6.30. The fraction of sp³-hybridized carbons (Fsp3) is 0.500. The molecular formula is C16H20ClN3O3. The molecule has 124 valence electrons. The molecule has 3 rings (SSSR count). The molecule has 3 amide bonds. The highest BCUT2D eigenvalue weighted by Gasteiger charge is 2.48. The van der Waals surface area contributed by atoms with Crippen molar-refractivity contribution in [1.82, 2.24) is 9.80 Å². The number of nitrogens with zero attached hydrogens (tertiary/aromatic N) is 2. The van der Waals surface area contributed by atoms with Crippen LogP contribution in [0.25, 0.3) is 0 Å². The molecule has 0 saturated carbocycles. The Balaban J connectivity index is 1.64. The molecule has 0 spiro atoms. The standard InChI is InChI=1S/C16H20ClN3O3/c1-23-9-8-19-13-6-7-20(14(13)10-15(19)21)16(22)18-12-4-2-11(17)3-5-12/h2-5,13-14H,6-10H2,1H3,(H,18,22)/t13-,14-/m1/s1. The predicted octanol–water partition coefficient (Wildman–Crippen LogP) is 2.19. The Morgan fingerprint density at radius 2 is 2.09 bits per heavy atom. The summed E-state index contributed by atoms with van der Waals surface area (Å²) in [5, 5.41) is 3.49. The van der Waals surface area contributed by atoms with E-state index in [9.17, 15) is 9.59 Å². The molecule has 2 fully saturated rings. The Labute approximate surface area is 140 Å². The van der Waals surface area contributed by atoms with E-state index >= 15 is 0 Å². The predicted molar refractivity (Wildman–Crippen MR) is 87.6 cm³/mol. The van der Waals surface area contributed by atoms with Crippen LogP contribution in [0.1, 0.15) is 12.8 Å². The van der Waals surface area contributed by atoms with Crippen molar-refractivity contribution in [3.8, 4) is 0 Å². The van der Waals surface area contributed by atoms with Crippen LogP contribution in [0.4, 0.5) is 10.5 Å². The quantitative estimate of drug-likeness (QED) is 0.916. The zero-order valence-corrected chi connectivity index (χ0v) is 13.8. The molecule has 2 heterocycles. The summed E-state index contributed by atoms with van der Waals surface area (Å²) in [5.41, 5.74) is 0.698. The van der Waals surface area contributed by atoms with Crippen LogP contribution in [0.2, 0.25) is 5.02 Å². The van der Waals surface area contributed by atoms with E-state index < -0.39 is 0 Å². The van der Waals surface area contributed by atoms with Crippen LogP contribution in [0.15, 0.2) is 24.3 Å². The van der Waals surface area contributed by atoms with Gasteiger partial charge in [0.25, 0.3) is 0 Å². The van der Waals surface area contributed by atoms with Gasteiger partial charge in [-0.05, 0) is 30.7 Å². The first-order valence-electron chi connectivity index (χ1n) is 7.71. The highest BCUT2D eigenvalue weighted by Crippen LogP contribution is 2.32. The third kappa shape index (κ3) is 3.28. The summed E-state index contributed by atoms with van der Waals surface area (Å²) in [6.45, 7) is 1.76. The van der Waals surface area contributed by atoms with E-state index in [0.29, 0.717) is 36.8 Å². The van der Waals surface area contributed by atoms with Gasteiger partial charge in [0.05, 0.1) is 18.7 Å². The van der Waals surface area contributed by atoms with Crippen LogP contribution in [0.3, 0.4) is 0 Å². The van der Waals surface area contributed by atoms with Crippen molar-refractivity contribution in [2.45, 2.75) is 24.9 Å². The minimum atomic E-state index is -0.166. The number of benzene rings is 1. The van der Waals surface area contributed by atoms with E-state index in [1.165, 1.54) is 0 Å². The number of likely N-dealkylation sites (tertiary alicyclic amines) is 2. The van der Waals surface area contributed by atoms with Gasteiger partial charge in [0.1, 0.15) is 0 Å². The first-order chi connectivity index (χ1) is 11.1. The maximum atomic E-state index is 12.5. The lowest BCUT2D eigenvalue weighted by Crippen LogP contribution is -2.42. The molecule has 2 saturated heterocycles. The summed E-state index contributed by atoms with van der Waals surface area (Å²) in [6, 6.07) is 6.88. The molecule has 23 heavy (non-hydrogen) atoms. The molecule has 1 N–H and O–H groups in total. The summed E-state index contributed by atoms with van der Waals surface area (Å²) in [6.07, 6.45) is 1.20. The number of halogens is 1. The molecule has 0 unspecified atom stereocenters. The lowest BCUT2D eigenvalue weighted by Gasteiger charge is -2.25. The first kappa shape index (κ1) is 16.1. The fourth-order valence-corrected chi connectivity index (χ4v) is 3.51. The molecule has 2 aliphatic heterocycles. The summed E-state index contributed by atoms with van der Waals surface area (Å²) in [7, 11) is 1.62. The van der Waals surface area contributed by atoms with E-state index in [4.69, 9.17) is 16.3 Å². The molecule has 2 atom stereocenters. The average molecular weight is 338 g/mol. The Morgan fingerprint density at radius 3 is 2.78 bits per heavy atom. The van der Waals surface area contributed by atoms with Gasteiger partial charge < -0.3 is 19.9 Å². The largest absolute Gasteiger partial charge is 0.383 e. The third-order valence-electron chi connectivity index (χ3n) is 4.51. The number of fused-ring (bicyclic) bond motifs is 1. The molecule has 0 aromatic heterocycles. The zero-order chi connectivity index (χ0) is 16.4. The van der Waals surface area contributed by atoms with Crippen molar-refractivity contribution in [1.29, 1.82) is 0 Å². The van der Waals surface area contributed by atoms with Crippen molar-refractivity contribution in [2.75, 3.05) is 32.1 Å².